The molecule has 3 nitrogen and oxygen atoms in total. The molecule has 0 bridgehead atoms. The van der Waals surface area contributed by atoms with Crippen molar-refractivity contribution in [3.05, 3.63) is 35.9 Å². The topological polar surface area (TPSA) is 46.2 Å². The third-order valence-corrected chi connectivity index (χ3v) is 2.37. The Hall–Kier alpha value is -1.64. The molecular formula is C13H17NO2. The molecule has 0 saturated carbocycles. The Morgan fingerprint density at radius 2 is 1.69 bits per heavy atom. The molecule has 1 atom stereocenters. The van der Waals surface area contributed by atoms with Crippen molar-refractivity contribution in [2.24, 2.45) is 5.92 Å². The Bertz CT molecular complexity index is 371. The highest BCUT2D eigenvalue weighted by Gasteiger charge is 2.23. The van der Waals surface area contributed by atoms with Crippen molar-refractivity contribution in [3.8, 4) is 0 Å². The Morgan fingerprint density at radius 1 is 1.12 bits per heavy atom. The highest BCUT2D eigenvalue weighted by molar-refractivity contribution is 6.01. The van der Waals surface area contributed by atoms with E-state index < -0.39 is 6.04 Å². The SMILES string of the molecule is CC(=O)NC(C(=O)c1ccccc1)C(C)C. The van der Waals surface area contributed by atoms with Crippen LogP contribution in [0, 0.1) is 5.92 Å². The molecule has 1 aromatic carbocycles. The maximum Gasteiger partial charge on any atom is 0.217 e. The Labute approximate surface area is 95.9 Å². The van der Waals surface area contributed by atoms with Crippen molar-refractivity contribution in [3.63, 3.8) is 0 Å². The van der Waals surface area contributed by atoms with Crippen molar-refractivity contribution in [2.45, 2.75) is 26.8 Å². The molecule has 1 rings (SSSR count). The summed E-state index contributed by atoms with van der Waals surface area (Å²) in [5.41, 5.74) is 0.634. The summed E-state index contributed by atoms with van der Waals surface area (Å²) in [6.07, 6.45) is 0. The molecule has 1 amide bonds. The highest BCUT2D eigenvalue weighted by atomic mass is 16.2. The number of nitrogens with one attached hydrogen (secondary N) is 1. The molecule has 86 valence electrons. The predicted octanol–water partition coefficient (Wildman–Crippen LogP) is 2.03. The van der Waals surface area contributed by atoms with Crippen LogP contribution in [0.1, 0.15) is 31.1 Å². The molecule has 0 aromatic heterocycles. The van der Waals surface area contributed by atoms with Crippen molar-refractivity contribution >= 4 is 11.7 Å². The lowest BCUT2D eigenvalue weighted by molar-refractivity contribution is -0.119. The monoisotopic (exact) mass is 219 g/mol. The third kappa shape index (κ3) is 3.19. The van der Waals surface area contributed by atoms with E-state index in [-0.39, 0.29) is 17.6 Å². The summed E-state index contributed by atoms with van der Waals surface area (Å²) in [6, 6.07) is 8.58. The molecule has 1 unspecified atom stereocenters. The van der Waals surface area contributed by atoms with Gasteiger partial charge in [0.15, 0.2) is 5.78 Å². The Morgan fingerprint density at radius 3 is 2.12 bits per heavy atom. The van der Waals surface area contributed by atoms with Crippen LogP contribution in [0.2, 0.25) is 0 Å². The zero-order valence-electron chi connectivity index (χ0n) is 9.86. The van der Waals surface area contributed by atoms with Gasteiger partial charge in [0.2, 0.25) is 5.91 Å². The van der Waals surface area contributed by atoms with Crippen LogP contribution < -0.4 is 5.32 Å². The fourth-order valence-electron chi connectivity index (χ4n) is 1.54. The lowest BCUT2D eigenvalue weighted by atomic mass is 9.95. The van der Waals surface area contributed by atoms with Gasteiger partial charge in [0.25, 0.3) is 0 Å². The summed E-state index contributed by atoms with van der Waals surface area (Å²) in [6.45, 7) is 5.26. The van der Waals surface area contributed by atoms with Gasteiger partial charge in [-0.05, 0) is 5.92 Å². The van der Waals surface area contributed by atoms with Gasteiger partial charge in [-0.1, -0.05) is 44.2 Å². The molecule has 3 heteroatoms. The zero-order valence-corrected chi connectivity index (χ0v) is 9.86. The minimum absolute atomic E-state index is 0.0363. The van der Waals surface area contributed by atoms with E-state index in [1.165, 1.54) is 6.92 Å². The van der Waals surface area contributed by atoms with Crippen molar-refractivity contribution in [2.75, 3.05) is 0 Å². The normalized spacial score (nSPS) is 12.2. The third-order valence-electron chi connectivity index (χ3n) is 2.37. The van der Waals surface area contributed by atoms with Crippen molar-refractivity contribution in [1.29, 1.82) is 0 Å². The van der Waals surface area contributed by atoms with Crippen LogP contribution in [0.15, 0.2) is 30.3 Å². The molecule has 0 heterocycles. The summed E-state index contributed by atoms with van der Waals surface area (Å²) >= 11 is 0. The number of amides is 1. The first-order valence-corrected chi connectivity index (χ1v) is 5.38. The van der Waals surface area contributed by atoms with Gasteiger partial charge in [-0.2, -0.15) is 0 Å². The number of benzene rings is 1. The number of hydrogen-bond donors (Lipinski definition) is 1. The van der Waals surface area contributed by atoms with Gasteiger partial charge in [-0.3, -0.25) is 9.59 Å². The maximum absolute atomic E-state index is 12.1. The van der Waals surface area contributed by atoms with Gasteiger partial charge in [0.05, 0.1) is 6.04 Å². The van der Waals surface area contributed by atoms with Gasteiger partial charge in [-0.25, -0.2) is 0 Å². The van der Waals surface area contributed by atoms with Crippen LogP contribution >= 0.6 is 0 Å². The lowest BCUT2D eigenvalue weighted by Crippen LogP contribution is -2.43. The van der Waals surface area contributed by atoms with Crippen LogP contribution in [-0.4, -0.2) is 17.7 Å². The zero-order chi connectivity index (χ0) is 12.1. The minimum atomic E-state index is -0.445. The van der Waals surface area contributed by atoms with Gasteiger partial charge in [-0.15, -0.1) is 0 Å². The standard InChI is InChI=1S/C13H17NO2/c1-9(2)12(14-10(3)15)13(16)11-7-5-4-6-8-11/h4-9,12H,1-3H3,(H,14,15). The minimum Gasteiger partial charge on any atom is -0.346 e. The van der Waals surface area contributed by atoms with E-state index >= 15 is 0 Å². The van der Waals surface area contributed by atoms with E-state index in [2.05, 4.69) is 5.32 Å². The second-order valence-corrected chi connectivity index (χ2v) is 4.15. The fourth-order valence-corrected chi connectivity index (χ4v) is 1.54. The van der Waals surface area contributed by atoms with Crippen LogP contribution in [0.25, 0.3) is 0 Å². The quantitative estimate of drug-likeness (QED) is 0.787. The van der Waals surface area contributed by atoms with Gasteiger partial charge >= 0.3 is 0 Å². The fraction of sp³-hybridized carbons (Fsp3) is 0.385. The van der Waals surface area contributed by atoms with E-state index in [0.717, 1.165) is 0 Å². The number of carbonyl (C=O) groups excluding carboxylic acids is 2. The molecule has 1 aromatic rings. The molecule has 0 radical (unpaired) electrons. The van der Waals surface area contributed by atoms with Gasteiger partial charge in [0, 0.05) is 12.5 Å². The van der Waals surface area contributed by atoms with Crippen LogP contribution in [0.4, 0.5) is 0 Å². The summed E-state index contributed by atoms with van der Waals surface area (Å²) in [7, 11) is 0. The molecule has 0 aliphatic rings. The summed E-state index contributed by atoms with van der Waals surface area (Å²) in [5, 5.41) is 2.69. The highest BCUT2D eigenvalue weighted by Crippen LogP contribution is 2.10. The van der Waals surface area contributed by atoms with E-state index in [4.69, 9.17) is 0 Å². The average Bonchev–Trinajstić information content (AvgIpc) is 2.25. The average molecular weight is 219 g/mol. The predicted molar refractivity (Wildman–Crippen MR) is 63.2 cm³/mol. The summed E-state index contributed by atoms with van der Waals surface area (Å²) in [4.78, 5) is 23.1. The van der Waals surface area contributed by atoms with Crippen LogP contribution in [-0.2, 0) is 4.79 Å². The lowest BCUT2D eigenvalue weighted by Gasteiger charge is -2.20. The second kappa shape index (κ2) is 5.45. The molecule has 0 fully saturated rings. The first-order chi connectivity index (χ1) is 7.52. The summed E-state index contributed by atoms with van der Waals surface area (Å²) in [5.74, 6) is -0.134. The van der Waals surface area contributed by atoms with Gasteiger partial charge < -0.3 is 5.32 Å². The Kier molecular flexibility index (Phi) is 4.23. The molecule has 16 heavy (non-hydrogen) atoms. The smallest absolute Gasteiger partial charge is 0.217 e. The van der Waals surface area contributed by atoms with Gasteiger partial charge in [0.1, 0.15) is 0 Å². The number of Topliss-reactive ketones (excluding diaryl/α,β-unsaturated/α-hetero) is 1. The molecule has 0 spiro atoms. The van der Waals surface area contributed by atoms with E-state index in [0.29, 0.717) is 5.56 Å². The molecule has 0 aliphatic carbocycles. The van der Waals surface area contributed by atoms with Crippen molar-refractivity contribution < 1.29 is 9.59 Å². The first kappa shape index (κ1) is 12.4. The number of hydrogen-bond acceptors (Lipinski definition) is 2. The maximum atomic E-state index is 12.1. The number of rotatable bonds is 4. The first-order valence-electron chi connectivity index (χ1n) is 5.38. The van der Waals surface area contributed by atoms with Crippen LogP contribution in [0.5, 0.6) is 0 Å². The Balaban J connectivity index is 2.88. The molecular weight excluding hydrogens is 202 g/mol. The number of carbonyl (C=O) groups is 2. The van der Waals surface area contributed by atoms with Crippen LogP contribution in [0.3, 0.4) is 0 Å². The summed E-state index contributed by atoms with van der Waals surface area (Å²) < 4.78 is 0. The van der Waals surface area contributed by atoms with E-state index in [1.54, 1.807) is 12.1 Å². The van der Waals surface area contributed by atoms with E-state index in [1.807, 2.05) is 32.0 Å². The van der Waals surface area contributed by atoms with Crippen molar-refractivity contribution in [1.82, 2.24) is 5.32 Å². The molecule has 0 aliphatic heterocycles. The largest absolute Gasteiger partial charge is 0.346 e. The second-order valence-electron chi connectivity index (χ2n) is 4.15. The van der Waals surface area contributed by atoms with E-state index in [9.17, 15) is 9.59 Å². The molecule has 0 saturated heterocycles. The molecule has 1 N–H and O–H groups in total. The number of ketones is 1.